The van der Waals surface area contributed by atoms with Crippen LogP contribution in [0.5, 0.6) is 17.2 Å². The van der Waals surface area contributed by atoms with E-state index in [1.807, 2.05) is 60.7 Å². The maximum atomic E-state index is 9.98. The molecular formula is C29H23BrN2O3. The first-order chi connectivity index (χ1) is 17.0. The van der Waals surface area contributed by atoms with E-state index in [1.54, 1.807) is 7.11 Å². The Hall–Kier alpha value is -3.95. The quantitative estimate of drug-likeness (QED) is 0.312. The highest BCUT2D eigenvalue weighted by atomic mass is 79.9. The fraction of sp³-hybridized carbons (Fsp3) is 0.138. The third-order valence-corrected chi connectivity index (χ3v) is 6.79. The molecule has 2 N–H and O–H groups in total. The molecule has 4 aromatic rings. The standard InChI is InChI=1S/C29H23BrN2O3/c1-17-7-9-18(10-8-17)16-34-28-24(30)13-20(14-25(28)33-2)26-22-12-11-19-5-3-4-6-21(19)27(22)35-29(32)23(26)15-31/h3-14,26H,16,32H2,1-2H3/t26-/m1/s1. The monoisotopic (exact) mass is 526 g/mol. The zero-order chi connectivity index (χ0) is 24.5. The number of benzene rings is 4. The van der Waals surface area contributed by atoms with E-state index in [4.69, 9.17) is 19.9 Å². The predicted molar refractivity (Wildman–Crippen MR) is 139 cm³/mol. The minimum Gasteiger partial charge on any atom is -0.493 e. The molecule has 0 radical (unpaired) electrons. The molecule has 0 spiro atoms. The predicted octanol–water partition coefficient (Wildman–Crippen LogP) is 6.72. The molecule has 5 nitrogen and oxygen atoms in total. The molecule has 0 amide bonds. The lowest BCUT2D eigenvalue weighted by Gasteiger charge is -2.28. The Kier molecular flexibility index (Phi) is 6.10. The van der Waals surface area contributed by atoms with Crippen LogP contribution in [0.3, 0.4) is 0 Å². The van der Waals surface area contributed by atoms with Gasteiger partial charge in [0.15, 0.2) is 11.5 Å². The molecule has 0 aromatic heterocycles. The number of ether oxygens (including phenoxy) is 3. The van der Waals surface area contributed by atoms with Crippen molar-refractivity contribution in [1.82, 2.24) is 0 Å². The van der Waals surface area contributed by atoms with Crippen LogP contribution in [0.2, 0.25) is 0 Å². The number of methoxy groups -OCH3 is 1. The molecule has 0 unspecified atom stereocenters. The van der Waals surface area contributed by atoms with E-state index in [1.165, 1.54) is 5.56 Å². The Morgan fingerprint density at radius 2 is 1.83 bits per heavy atom. The maximum absolute atomic E-state index is 9.98. The second-order valence-electron chi connectivity index (χ2n) is 8.44. The van der Waals surface area contributed by atoms with Crippen molar-refractivity contribution in [3.63, 3.8) is 0 Å². The van der Waals surface area contributed by atoms with Gasteiger partial charge in [-0.2, -0.15) is 5.26 Å². The van der Waals surface area contributed by atoms with Crippen molar-refractivity contribution in [2.75, 3.05) is 7.11 Å². The van der Waals surface area contributed by atoms with Gasteiger partial charge >= 0.3 is 0 Å². The fourth-order valence-corrected chi connectivity index (χ4v) is 4.99. The van der Waals surface area contributed by atoms with Gasteiger partial charge in [-0.1, -0.05) is 66.2 Å². The van der Waals surface area contributed by atoms with E-state index in [2.05, 4.69) is 41.1 Å². The van der Waals surface area contributed by atoms with Gasteiger partial charge in [-0.05, 0) is 51.5 Å². The van der Waals surface area contributed by atoms with Crippen molar-refractivity contribution >= 4 is 26.7 Å². The molecule has 5 rings (SSSR count). The number of nitrogens with two attached hydrogens (primary N) is 1. The zero-order valence-corrected chi connectivity index (χ0v) is 20.9. The van der Waals surface area contributed by atoms with Crippen LogP contribution in [0.1, 0.15) is 28.2 Å². The van der Waals surface area contributed by atoms with Crippen LogP contribution in [0.15, 0.2) is 88.7 Å². The van der Waals surface area contributed by atoms with Crippen LogP contribution in [0.25, 0.3) is 10.8 Å². The van der Waals surface area contributed by atoms with Crippen molar-refractivity contribution in [2.45, 2.75) is 19.4 Å². The lowest BCUT2D eigenvalue weighted by atomic mass is 9.82. The highest BCUT2D eigenvalue weighted by Gasteiger charge is 2.32. The molecule has 1 aliphatic rings. The first-order valence-corrected chi connectivity index (χ1v) is 11.9. The summed E-state index contributed by atoms with van der Waals surface area (Å²) >= 11 is 3.66. The van der Waals surface area contributed by atoms with Crippen LogP contribution >= 0.6 is 15.9 Å². The number of nitriles is 1. The molecule has 1 heterocycles. The number of nitrogens with zero attached hydrogens (tertiary/aromatic N) is 1. The zero-order valence-electron chi connectivity index (χ0n) is 19.3. The van der Waals surface area contributed by atoms with Gasteiger partial charge in [0, 0.05) is 10.9 Å². The molecule has 1 aliphatic heterocycles. The molecule has 0 aliphatic carbocycles. The topological polar surface area (TPSA) is 77.5 Å². The third-order valence-electron chi connectivity index (χ3n) is 6.20. The van der Waals surface area contributed by atoms with Crippen molar-refractivity contribution in [3.8, 4) is 23.3 Å². The summed E-state index contributed by atoms with van der Waals surface area (Å²) in [6.07, 6.45) is 0. The summed E-state index contributed by atoms with van der Waals surface area (Å²) < 4.78 is 18.5. The maximum Gasteiger partial charge on any atom is 0.205 e. The lowest BCUT2D eigenvalue weighted by molar-refractivity contribution is 0.282. The van der Waals surface area contributed by atoms with E-state index in [0.717, 1.165) is 31.9 Å². The highest BCUT2D eigenvalue weighted by Crippen LogP contribution is 2.48. The second-order valence-corrected chi connectivity index (χ2v) is 9.29. The van der Waals surface area contributed by atoms with Crippen LogP contribution in [0.4, 0.5) is 0 Å². The van der Waals surface area contributed by atoms with Gasteiger partial charge in [0.25, 0.3) is 0 Å². The highest BCUT2D eigenvalue weighted by molar-refractivity contribution is 9.10. The second kappa shape index (κ2) is 9.36. The Morgan fingerprint density at radius 1 is 1.06 bits per heavy atom. The smallest absolute Gasteiger partial charge is 0.205 e. The summed E-state index contributed by atoms with van der Waals surface area (Å²) in [7, 11) is 1.60. The first-order valence-electron chi connectivity index (χ1n) is 11.1. The molecule has 0 bridgehead atoms. The number of allylic oxidation sites excluding steroid dienone is 1. The Labute approximate surface area is 212 Å². The number of rotatable bonds is 5. The SMILES string of the molecule is COc1cc([C@H]2C(C#N)=C(N)Oc3c2ccc2ccccc32)cc(Br)c1OCc1ccc(C)cc1. The molecule has 35 heavy (non-hydrogen) atoms. The van der Waals surface area contributed by atoms with Crippen LogP contribution < -0.4 is 19.9 Å². The van der Waals surface area contributed by atoms with Crippen LogP contribution in [0, 0.1) is 18.3 Å². The van der Waals surface area contributed by atoms with Gasteiger partial charge in [0.1, 0.15) is 24.0 Å². The average molecular weight is 527 g/mol. The van der Waals surface area contributed by atoms with Crippen molar-refractivity contribution in [1.29, 1.82) is 5.26 Å². The molecular weight excluding hydrogens is 504 g/mol. The van der Waals surface area contributed by atoms with Gasteiger partial charge in [-0.15, -0.1) is 0 Å². The number of halogens is 1. The van der Waals surface area contributed by atoms with Gasteiger partial charge < -0.3 is 19.9 Å². The van der Waals surface area contributed by atoms with Crippen LogP contribution in [-0.4, -0.2) is 7.11 Å². The van der Waals surface area contributed by atoms with E-state index in [9.17, 15) is 5.26 Å². The van der Waals surface area contributed by atoms with Crippen molar-refractivity contribution < 1.29 is 14.2 Å². The van der Waals surface area contributed by atoms with Gasteiger partial charge in [-0.3, -0.25) is 0 Å². The van der Waals surface area contributed by atoms with E-state index < -0.39 is 5.92 Å². The summed E-state index contributed by atoms with van der Waals surface area (Å²) in [6, 6.07) is 26.3. The molecule has 0 saturated carbocycles. The van der Waals surface area contributed by atoms with E-state index >= 15 is 0 Å². The van der Waals surface area contributed by atoms with Gasteiger partial charge in [-0.25, -0.2) is 0 Å². The summed E-state index contributed by atoms with van der Waals surface area (Å²) in [5, 5.41) is 12.0. The van der Waals surface area contributed by atoms with E-state index in [0.29, 0.717) is 29.4 Å². The van der Waals surface area contributed by atoms with Gasteiger partial charge in [0.05, 0.1) is 17.5 Å². The summed E-state index contributed by atoms with van der Waals surface area (Å²) in [5.74, 6) is 1.52. The summed E-state index contributed by atoms with van der Waals surface area (Å²) in [6.45, 7) is 2.45. The largest absolute Gasteiger partial charge is 0.493 e. The number of fused-ring (bicyclic) bond motifs is 3. The first kappa shape index (κ1) is 22.8. The average Bonchev–Trinajstić information content (AvgIpc) is 2.87. The Bertz CT molecular complexity index is 1500. The van der Waals surface area contributed by atoms with Crippen LogP contribution in [-0.2, 0) is 6.61 Å². The molecule has 0 saturated heterocycles. The van der Waals surface area contributed by atoms with E-state index in [-0.39, 0.29) is 5.88 Å². The lowest BCUT2D eigenvalue weighted by Crippen LogP contribution is -2.21. The Morgan fingerprint density at radius 3 is 2.57 bits per heavy atom. The number of hydrogen-bond donors (Lipinski definition) is 1. The molecule has 6 heteroatoms. The molecule has 174 valence electrons. The summed E-state index contributed by atoms with van der Waals surface area (Å²) in [5.41, 5.74) is 10.6. The third kappa shape index (κ3) is 4.20. The Balaban J connectivity index is 1.58. The molecule has 4 aromatic carbocycles. The van der Waals surface area contributed by atoms with Gasteiger partial charge in [0.2, 0.25) is 5.88 Å². The summed E-state index contributed by atoms with van der Waals surface area (Å²) in [4.78, 5) is 0. The molecule has 0 fully saturated rings. The van der Waals surface area contributed by atoms with Crippen molar-refractivity contribution in [3.05, 3.63) is 111 Å². The van der Waals surface area contributed by atoms with Crippen molar-refractivity contribution in [2.24, 2.45) is 5.73 Å². The number of aryl methyl sites for hydroxylation is 1. The fourth-order valence-electron chi connectivity index (χ4n) is 4.42. The molecule has 1 atom stereocenters. The minimum atomic E-state index is -0.412. The normalized spacial score (nSPS) is 14.7. The minimum absolute atomic E-state index is 0.108. The number of hydrogen-bond acceptors (Lipinski definition) is 5.